The van der Waals surface area contributed by atoms with Gasteiger partial charge in [0.05, 0.1) is 18.1 Å². The maximum absolute atomic E-state index is 13.1. The van der Waals surface area contributed by atoms with Crippen LogP contribution in [0.5, 0.6) is 0 Å². The molecule has 190 valence electrons. The lowest BCUT2D eigenvalue weighted by molar-refractivity contribution is -0.385. The predicted molar refractivity (Wildman–Crippen MR) is 140 cm³/mol. The smallest absolute Gasteiger partial charge is 0.325 e. The monoisotopic (exact) mass is 574 g/mol. The van der Waals surface area contributed by atoms with Gasteiger partial charge >= 0.3 is 11.9 Å². The number of hydrogen-bond donors (Lipinski definition) is 0. The van der Waals surface area contributed by atoms with Crippen LogP contribution in [0.15, 0.2) is 18.2 Å². The Morgan fingerprint density at radius 2 is 1.41 bits per heavy atom. The van der Waals surface area contributed by atoms with E-state index in [4.69, 9.17) is 9.47 Å². The number of hydrogen-bond acceptors (Lipinski definition) is 7. The number of amides is 1. The van der Waals surface area contributed by atoms with E-state index >= 15 is 0 Å². The van der Waals surface area contributed by atoms with E-state index in [-0.39, 0.29) is 29.8 Å². The van der Waals surface area contributed by atoms with Gasteiger partial charge in [-0.2, -0.15) is 0 Å². The molecule has 0 aliphatic carbocycles. The first kappa shape index (κ1) is 30.0. The number of carbonyl (C=O) groups is 3. The number of nitro groups is 1. The molecule has 9 nitrogen and oxygen atoms in total. The number of halogens is 1. The average Bonchev–Trinajstić information content (AvgIpc) is 2.70. The Bertz CT molecular complexity index is 864. The van der Waals surface area contributed by atoms with Gasteiger partial charge in [-0.05, 0) is 18.2 Å². The summed E-state index contributed by atoms with van der Waals surface area (Å²) in [6, 6.07) is 5.60. The molecular weight excluding hydrogens is 540 g/mol. The summed E-state index contributed by atoms with van der Waals surface area (Å²) in [7, 11) is -2.84. The van der Waals surface area contributed by atoms with E-state index in [1.807, 2.05) is 0 Å². The highest BCUT2D eigenvalue weighted by Crippen LogP contribution is 2.23. The van der Waals surface area contributed by atoms with Gasteiger partial charge < -0.3 is 14.4 Å². The van der Waals surface area contributed by atoms with Crippen molar-refractivity contribution in [2.24, 2.45) is 0 Å². The summed E-state index contributed by atoms with van der Waals surface area (Å²) < 4.78 is 10.6. The maximum Gasteiger partial charge on any atom is 0.325 e. The number of ether oxygens (including phenoxy) is 2. The van der Waals surface area contributed by atoms with Crippen LogP contribution in [0.25, 0.3) is 0 Å². The SMILES string of the molecule is C[Si](C)(C)CCOC(=O)CN(CC(=O)OCC[Si](C)(C)C)C(=O)c1ccc(CBr)c([N+](=O)[O-])c1. The predicted octanol–water partition coefficient (Wildman–Crippen LogP) is 4.69. The third-order valence-corrected chi connectivity index (χ3v) is 8.84. The molecule has 12 heteroatoms. The van der Waals surface area contributed by atoms with Crippen molar-refractivity contribution in [3.8, 4) is 0 Å². The highest BCUT2D eigenvalue weighted by atomic mass is 79.9. The van der Waals surface area contributed by atoms with Gasteiger partial charge in [0.2, 0.25) is 0 Å². The number of esters is 2. The molecule has 0 fully saturated rings. The van der Waals surface area contributed by atoms with Gasteiger partial charge in [0.25, 0.3) is 11.6 Å². The van der Waals surface area contributed by atoms with Crippen LogP contribution in [0, 0.1) is 10.1 Å². The van der Waals surface area contributed by atoms with Gasteiger partial charge in [-0.15, -0.1) is 0 Å². The number of nitrogens with zero attached hydrogens (tertiary/aromatic N) is 2. The molecule has 0 aliphatic rings. The lowest BCUT2D eigenvalue weighted by Crippen LogP contribution is -2.41. The second-order valence-electron chi connectivity index (χ2n) is 10.5. The van der Waals surface area contributed by atoms with E-state index in [0.717, 1.165) is 23.1 Å². The second kappa shape index (κ2) is 13.1. The van der Waals surface area contributed by atoms with Crippen LogP contribution < -0.4 is 0 Å². The lowest BCUT2D eigenvalue weighted by Gasteiger charge is -2.22. The fraction of sp³-hybridized carbons (Fsp3) is 0.591. The number of nitro benzene ring substituents is 1. The number of carbonyl (C=O) groups excluding carboxylic acids is 3. The minimum absolute atomic E-state index is 0.00111. The van der Waals surface area contributed by atoms with Crippen molar-refractivity contribution < 1.29 is 28.8 Å². The van der Waals surface area contributed by atoms with Gasteiger partial charge in [-0.3, -0.25) is 24.5 Å². The first-order valence-corrected chi connectivity index (χ1v) is 19.6. The van der Waals surface area contributed by atoms with Crippen molar-refractivity contribution in [2.45, 2.75) is 56.7 Å². The van der Waals surface area contributed by atoms with Crippen molar-refractivity contribution in [1.82, 2.24) is 4.90 Å². The number of rotatable bonds is 13. The van der Waals surface area contributed by atoms with E-state index < -0.39 is 52.0 Å². The first-order chi connectivity index (χ1) is 15.6. The molecule has 0 aliphatic heterocycles. The van der Waals surface area contributed by atoms with Gasteiger partial charge in [-0.25, -0.2) is 0 Å². The van der Waals surface area contributed by atoms with Crippen LogP contribution in [-0.4, -0.2) is 70.1 Å². The zero-order chi connectivity index (χ0) is 26.1. The number of benzene rings is 1. The third kappa shape index (κ3) is 11.4. The lowest BCUT2D eigenvalue weighted by atomic mass is 10.1. The summed E-state index contributed by atoms with van der Waals surface area (Å²) in [5.74, 6) is -1.98. The van der Waals surface area contributed by atoms with E-state index in [1.165, 1.54) is 12.1 Å². The fourth-order valence-electron chi connectivity index (χ4n) is 2.71. The van der Waals surface area contributed by atoms with E-state index in [9.17, 15) is 24.5 Å². The zero-order valence-electron chi connectivity index (χ0n) is 20.8. The molecule has 1 amide bonds. The van der Waals surface area contributed by atoms with Gasteiger partial charge in [0.1, 0.15) is 13.1 Å². The van der Waals surface area contributed by atoms with E-state index in [0.29, 0.717) is 5.56 Å². The van der Waals surface area contributed by atoms with Crippen molar-refractivity contribution in [1.29, 1.82) is 0 Å². The molecule has 1 rings (SSSR count). The van der Waals surface area contributed by atoms with Crippen LogP contribution in [0.2, 0.25) is 51.4 Å². The van der Waals surface area contributed by atoms with Crippen molar-refractivity contribution in [3.05, 3.63) is 39.4 Å². The first-order valence-electron chi connectivity index (χ1n) is 11.1. The van der Waals surface area contributed by atoms with E-state index in [2.05, 4.69) is 55.2 Å². The Balaban J connectivity index is 3.02. The van der Waals surface area contributed by atoms with Crippen LogP contribution in [0.3, 0.4) is 0 Å². The molecule has 0 spiro atoms. The third-order valence-electron chi connectivity index (χ3n) is 4.83. The van der Waals surface area contributed by atoms with Crippen LogP contribution in [0.1, 0.15) is 15.9 Å². The zero-order valence-corrected chi connectivity index (χ0v) is 24.4. The Kier molecular flexibility index (Phi) is 11.6. The molecule has 1 aromatic carbocycles. The highest BCUT2D eigenvalue weighted by molar-refractivity contribution is 9.08. The molecule has 0 bridgehead atoms. The minimum Gasteiger partial charge on any atom is -0.465 e. The summed E-state index contributed by atoms with van der Waals surface area (Å²) in [5.41, 5.74) is 0.184. The summed E-state index contributed by atoms with van der Waals surface area (Å²) >= 11 is 3.19. The molecule has 34 heavy (non-hydrogen) atoms. The Morgan fingerprint density at radius 3 is 1.79 bits per heavy atom. The summed E-state index contributed by atoms with van der Waals surface area (Å²) in [4.78, 5) is 49.8. The molecule has 0 atom stereocenters. The molecule has 0 N–H and O–H groups in total. The maximum atomic E-state index is 13.1. The molecule has 0 aromatic heterocycles. The Hall–Kier alpha value is -2.06. The molecule has 1 aromatic rings. The van der Waals surface area contributed by atoms with Crippen molar-refractivity contribution in [3.63, 3.8) is 0 Å². The van der Waals surface area contributed by atoms with Gasteiger partial charge in [-0.1, -0.05) is 61.3 Å². The highest BCUT2D eigenvalue weighted by Gasteiger charge is 2.26. The molecular formula is C22H35BrN2O7Si2. The Labute approximate surface area is 211 Å². The fourth-order valence-corrected chi connectivity index (χ4v) is 4.61. The van der Waals surface area contributed by atoms with Crippen LogP contribution in [-0.2, 0) is 24.4 Å². The molecule has 0 radical (unpaired) electrons. The Morgan fingerprint density at radius 1 is 0.941 bits per heavy atom. The van der Waals surface area contributed by atoms with E-state index in [1.54, 1.807) is 0 Å². The van der Waals surface area contributed by atoms with Crippen molar-refractivity contribution in [2.75, 3.05) is 26.3 Å². The van der Waals surface area contributed by atoms with Gasteiger partial charge in [0, 0.05) is 38.7 Å². The molecule has 0 saturated heterocycles. The molecule has 0 heterocycles. The molecule has 0 saturated carbocycles. The summed E-state index contributed by atoms with van der Waals surface area (Å²) in [5, 5.41) is 11.6. The standard InChI is InChI=1S/C22H35BrN2O7Si2/c1-33(2,3)11-9-31-20(26)15-24(16-21(27)32-10-12-34(4,5)6)22(28)17-7-8-18(14-23)19(13-17)25(29)30/h7-8,13H,9-12,14-16H2,1-6H3. The molecule has 0 unspecified atom stereocenters. The second-order valence-corrected chi connectivity index (χ2v) is 22.3. The average molecular weight is 576 g/mol. The van der Waals surface area contributed by atoms with Crippen molar-refractivity contribution >= 4 is 55.6 Å². The largest absolute Gasteiger partial charge is 0.465 e. The normalized spacial score (nSPS) is 11.6. The topological polar surface area (TPSA) is 116 Å². The van der Waals surface area contributed by atoms with Gasteiger partial charge in [0.15, 0.2) is 0 Å². The number of alkyl halides is 1. The van der Waals surface area contributed by atoms with Crippen LogP contribution in [0.4, 0.5) is 5.69 Å². The summed E-state index contributed by atoms with van der Waals surface area (Å²) in [6.45, 7) is 12.5. The minimum atomic E-state index is -1.42. The summed E-state index contributed by atoms with van der Waals surface area (Å²) in [6.07, 6.45) is 0. The quantitative estimate of drug-likeness (QED) is 0.110. The van der Waals surface area contributed by atoms with Crippen LogP contribution >= 0.6 is 15.9 Å².